The lowest BCUT2D eigenvalue weighted by molar-refractivity contribution is 0.255. The molecule has 0 aliphatic carbocycles. The molecule has 3 rings (SSSR count). The van der Waals surface area contributed by atoms with Crippen LogP contribution in [-0.4, -0.2) is 27.4 Å². The Morgan fingerprint density at radius 1 is 1.38 bits per heavy atom. The third kappa shape index (κ3) is 3.24. The molecule has 2 heterocycles. The Bertz CT molecular complexity index is 593. The molecule has 1 unspecified atom stereocenters. The maximum Gasteiger partial charge on any atom is 0.140 e. The van der Waals surface area contributed by atoms with Gasteiger partial charge in [-0.15, -0.1) is 0 Å². The number of nitrogens with zero attached hydrogens (tertiary/aromatic N) is 3. The van der Waals surface area contributed by atoms with Gasteiger partial charge in [-0.1, -0.05) is 32.0 Å². The van der Waals surface area contributed by atoms with Crippen LogP contribution in [0, 0.1) is 0 Å². The number of nitrogens with one attached hydrogen (secondary N) is 1. The first-order valence-corrected chi connectivity index (χ1v) is 7.56. The van der Waals surface area contributed by atoms with E-state index in [1.807, 2.05) is 16.8 Å². The summed E-state index contributed by atoms with van der Waals surface area (Å²) in [6, 6.07) is 8.74. The van der Waals surface area contributed by atoms with Crippen LogP contribution in [0.5, 0.6) is 5.75 Å². The molecule has 112 valence electrons. The van der Waals surface area contributed by atoms with Crippen LogP contribution in [0.4, 0.5) is 0 Å². The van der Waals surface area contributed by atoms with Crippen LogP contribution < -0.4 is 10.1 Å². The summed E-state index contributed by atoms with van der Waals surface area (Å²) >= 11 is 0. The predicted molar refractivity (Wildman–Crippen MR) is 81.3 cm³/mol. The zero-order valence-corrected chi connectivity index (χ0v) is 12.6. The van der Waals surface area contributed by atoms with E-state index in [0.717, 1.165) is 37.7 Å². The minimum Gasteiger partial charge on any atom is -0.493 e. The Kier molecular flexibility index (Phi) is 4.20. The van der Waals surface area contributed by atoms with Crippen molar-refractivity contribution >= 4 is 0 Å². The Balaban J connectivity index is 1.75. The molecule has 1 aromatic heterocycles. The molecule has 0 saturated heterocycles. The number of fused-ring (bicyclic) bond motifs is 1. The number of para-hydroxylation sites is 1. The van der Waals surface area contributed by atoms with E-state index in [0.29, 0.717) is 12.0 Å². The third-order valence-electron chi connectivity index (χ3n) is 3.84. The largest absolute Gasteiger partial charge is 0.493 e. The molecule has 0 bridgehead atoms. The molecule has 1 aliphatic heterocycles. The van der Waals surface area contributed by atoms with Crippen LogP contribution in [0.2, 0.25) is 0 Å². The minimum atomic E-state index is 0.439. The van der Waals surface area contributed by atoms with Crippen molar-refractivity contribution in [2.75, 3.05) is 6.61 Å². The maximum absolute atomic E-state index is 5.72. The molecule has 2 aromatic rings. The summed E-state index contributed by atoms with van der Waals surface area (Å²) in [4.78, 5) is 4.37. The van der Waals surface area contributed by atoms with Crippen LogP contribution in [0.1, 0.15) is 37.6 Å². The summed E-state index contributed by atoms with van der Waals surface area (Å²) in [5.41, 5.74) is 1.28. The third-order valence-corrected chi connectivity index (χ3v) is 3.84. The molecule has 5 heteroatoms. The van der Waals surface area contributed by atoms with Gasteiger partial charge in [-0.2, -0.15) is 5.10 Å². The maximum atomic E-state index is 5.72. The van der Waals surface area contributed by atoms with Crippen molar-refractivity contribution in [1.29, 1.82) is 0 Å². The molecule has 1 aliphatic rings. The van der Waals surface area contributed by atoms with Crippen molar-refractivity contribution in [1.82, 2.24) is 20.1 Å². The van der Waals surface area contributed by atoms with E-state index in [1.54, 1.807) is 6.33 Å². The Labute approximate surface area is 125 Å². The lowest BCUT2D eigenvalue weighted by Crippen LogP contribution is -2.26. The fraction of sp³-hybridized carbons (Fsp3) is 0.500. The molecule has 5 nitrogen and oxygen atoms in total. The smallest absolute Gasteiger partial charge is 0.140 e. The van der Waals surface area contributed by atoms with Crippen molar-refractivity contribution in [2.24, 2.45) is 0 Å². The van der Waals surface area contributed by atoms with E-state index >= 15 is 0 Å². The highest BCUT2D eigenvalue weighted by Gasteiger charge is 2.22. The molecule has 0 saturated carbocycles. The van der Waals surface area contributed by atoms with E-state index in [2.05, 4.69) is 41.4 Å². The number of benzene rings is 1. The minimum absolute atomic E-state index is 0.439. The van der Waals surface area contributed by atoms with E-state index in [1.165, 1.54) is 5.56 Å². The molecule has 0 radical (unpaired) electrons. The Morgan fingerprint density at radius 2 is 2.24 bits per heavy atom. The summed E-state index contributed by atoms with van der Waals surface area (Å²) in [6.45, 7) is 6.65. The molecular weight excluding hydrogens is 264 g/mol. The van der Waals surface area contributed by atoms with E-state index < -0.39 is 0 Å². The second-order valence-electron chi connectivity index (χ2n) is 5.77. The van der Waals surface area contributed by atoms with Gasteiger partial charge in [0.05, 0.1) is 19.7 Å². The molecule has 1 N–H and O–H groups in total. The van der Waals surface area contributed by atoms with E-state index in [4.69, 9.17) is 4.74 Å². The van der Waals surface area contributed by atoms with Crippen molar-refractivity contribution in [3.8, 4) is 5.75 Å². The summed E-state index contributed by atoms with van der Waals surface area (Å²) < 4.78 is 7.74. The quantitative estimate of drug-likeness (QED) is 0.916. The average Bonchev–Trinajstić information content (AvgIpc) is 2.93. The first kappa shape index (κ1) is 14.1. The molecule has 0 spiro atoms. The highest BCUT2D eigenvalue weighted by atomic mass is 16.5. The highest BCUT2D eigenvalue weighted by molar-refractivity contribution is 5.37. The van der Waals surface area contributed by atoms with Gasteiger partial charge in [-0.3, -0.25) is 0 Å². The number of ether oxygens (including phenoxy) is 1. The fourth-order valence-corrected chi connectivity index (χ4v) is 2.69. The van der Waals surface area contributed by atoms with Gasteiger partial charge in [0.2, 0.25) is 0 Å². The summed E-state index contributed by atoms with van der Waals surface area (Å²) in [5.74, 6) is 2.44. The van der Waals surface area contributed by atoms with Gasteiger partial charge in [0.25, 0.3) is 0 Å². The number of rotatable bonds is 5. The van der Waals surface area contributed by atoms with Crippen molar-refractivity contribution in [2.45, 2.75) is 45.3 Å². The van der Waals surface area contributed by atoms with Crippen LogP contribution >= 0.6 is 0 Å². The van der Waals surface area contributed by atoms with E-state index in [-0.39, 0.29) is 0 Å². The Hall–Kier alpha value is -1.88. The molecule has 21 heavy (non-hydrogen) atoms. The van der Waals surface area contributed by atoms with Crippen LogP contribution in [-0.2, 0) is 13.1 Å². The second kappa shape index (κ2) is 6.26. The van der Waals surface area contributed by atoms with Gasteiger partial charge >= 0.3 is 0 Å². The molecule has 0 fully saturated rings. The lowest BCUT2D eigenvalue weighted by atomic mass is 9.93. The standard InChI is InChI=1S/C16H22N4O/c1-12(2)17-9-16-18-11-19-20(16)10-13-7-8-21-15-6-4-3-5-14(13)15/h3-6,11-13,17H,7-10H2,1-2H3. The fourth-order valence-electron chi connectivity index (χ4n) is 2.69. The molecule has 1 atom stereocenters. The first-order chi connectivity index (χ1) is 10.2. The molecule has 0 amide bonds. The van der Waals surface area contributed by atoms with Gasteiger partial charge in [0, 0.05) is 12.0 Å². The van der Waals surface area contributed by atoms with Gasteiger partial charge in [-0.05, 0) is 18.1 Å². The van der Waals surface area contributed by atoms with Gasteiger partial charge in [0.15, 0.2) is 0 Å². The molecule has 1 aromatic carbocycles. The normalized spacial score (nSPS) is 17.6. The van der Waals surface area contributed by atoms with E-state index in [9.17, 15) is 0 Å². The van der Waals surface area contributed by atoms with Crippen molar-refractivity contribution in [3.05, 3.63) is 42.0 Å². The monoisotopic (exact) mass is 286 g/mol. The first-order valence-electron chi connectivity index (χ1n) is 7.56. The van der Waals surface area contributed by atoms with Crippen molar-refractivity contribution < 1.29 is 4.74 Å². The topological polar surface area (TPSA) is 52.0 Å². The van der Waals surface area contributed by atoms with Gasteiger partial charge in [-0.25, -0.2) is 9.67 Å². The molecular formula is C16H22N4O. The summed E-state index contributed by atoms with van der Waals surface area (Å²) in [5, 5.41) is 7.78. The summed E-state index contributed by atoms with van der Waals surface area (Å²) in [7, 11) is 0. The number of aromatic nitrogens is 3. The number of hydrogen-bond donors (Lipinski definition) is 1. The van der Waals surface area contributed by atoms with Crippen LogP contribution in [0.3, 0.4) is 0 Å². The zero-order valence-electron chi connectivity index (χ0n) is 12.6. The average molecular weight is 286 g/mol. The van der Waals surface area contributed by atoms with Crippen molar-refractivity contribution in [3.63, 3.8) is 0 Å². The zero-order chi connectivity index (χ0) is 14.7. The number of hydrogen-bond acceptors (Lipinski definition) is 4. The summed E-state index contributed by atoms with van der Waals surface area (Å²) in [6.07, 6.45) is 2.66. The lowest BCUT2D eigenvalue weighted by Gasteiger charge is -2.26. The van der Waals surface area contributed by atoms with Gasteiger partial charge < -0.3 is 10.1 Å². The SMILES string of the molecule is CC(C)NCc1ncnn1CC1CCOc2ccccc21. The van der Waals surface area contributed by atoms with Crippen LogP contribution in [0.15, 0.2) is 30.6 Å². The Morgan fingerprint density at radius 3 is 3.10 bits per heavy atom. The van der Waals surface area contributed by atoms with Gasteiger partial charge in [0.1, 0.15) is 17.9 Å². The predicted octanol–water partition coefficient (Wildman–Crippen LogP) is 2.34. The second-order valence-corrected chi connectivity index (χ2v) is 5.77. The highest BCUT2D eigenvalue weighted by Crippen LogP contribution is 2.34. The van der Waals surface area contributed by atoms with Crippen LogP contribution in [0.25, 0.3) is 0 Å².